The first-order valence-electron chi connectivity index (χ1n) is 6.89. The minimum Gasteiger partial charge on any atom is -0.353 e. The molecule has 0 saturated heterocycles. The summed E-state index contributed by atoms with van der Waals surface area (Å²) >= 11 is 0. The molecule has 0 aliphatic heterocycles. The van der Waals surface area contributed by atoms with E-state index in [0.717, 1.165) is 18.5 Å². The maximum atomic E-state index is 13.1. The van der Waals surface area contributed by atoms with Gasteiger partial charge in [0.15, 0.2) is 6.29 Å². The number of halogens is 1. The van der Waals surface area contributed by atoms with Gasteiger partial charge in [-0.25, -0.2) is 4.39 Å². The second-order valence-corrected chi connectivity index (χ2v) is 4.36. The molecule has 108 valence electrons. The maximum absolute atomic E-state index is 13.1. The van der Waals surface area contributed by atoms with Gasteiger partial charge in [-0.15, -0.1) is 0 Å². The van der Waals surface area contributed by atoms with Gasteiger partial charge in [0, 0.05) is 32.2 Å². The first-order chi connectivity index (χ1) is 9.17. The highest BCUT2D eigenvalue weighted by Gasteiger charge is 2.10. The molecule has 0 spiro atoms. The average molecular weight is 269 g/mol. The van der Waals surface area contributed by atoms with Gasteiger partial charge in [0.2, 0.25) is 0 Å². The van der Waals surface area contributed by atoms with Crippen LogP contribution in [-0.2, 0) is 9.47 Å². The van der Waals surface area contributed by atoms with Crippen LogP contribution in [0.3, 0.4) is 0 Å². The molecule has 0 aliphatic rings. The molecule has 0 fully saturated rings. The lowest BCUT2D eigenvalue weighted by molar-refractivity contribution is -0.138. The van der Waals surface area contributed by atoms with Crippen LogP contribution in [0.4, 0.5) is 4.39 Å². The Kier molecular flexibility index (Phi) is 7.63. The second-order valence-electron chi connectivity index (χ2n) is 4.36. The van der Waals surface area contributed by atoms with Crippen molar-refractivity contribution in [2.75, 3.05) is 19.8 Å². The summed E-state index contributed by atoms with van der Waals surface area (Å²) in [5.41, 5.74) is 0.948. The van der Waals surface area contributed by atoms with E-state index in [9.17, 15) is 4.39 Å². The molecule has 3 nitrogen and oxygen atoms in total. The number of ether oxygens (including phenoxy) is 2. The van der Waals surface area contributed by atoms with Crippen molar-refractivity contribution < 1.29 is 13.9 Å². The lowest BCUT2D eigenvalue weighted by atomic mass is 10.1. The number of hydrogen-bond acceptors (Lipinski definition) is 3. The molecule has 1 aromatic carbocycles. The van der Waals surface area contributed by atoms with Gasteiger partial charge in [0.1, 0.15) is 5.82 Å². The normalized spacial score (nSPS) is 12.9. The molecule has 19 heavy (non-hydrogen) atoms. The van der Waals surface area contributed by atoms with E-state index in [0.29, 0.717) is 13.2 Å². The minimum absolute atomic E-state index is 0.111. The van der Waals surface area contributed by atoms with Gasteiger partial charge in [0.25, 0.3) is 0 Å². The fourth-order valence-electron chi connectivity index (χ4n) is 1.90. The van der Waals surface area contributed by atoms with Crippen LogP contribution in [0, 0.1) is 5.82 Å². The van der Waals surface area contributed by atoms with Crippen LogP contribution >= 0.6 is 0 Å². The third-order valence-electron chi connectivity index (χ3n) is 2.88. The highest BCUT2D eigenvalue weighted by molar-refractivity contribution is 5.19. The summed E-state index contributed by atoms with van der Waals surface area (Å²) in [6.45, 7) is 7.98. The molecule has 1 rings (SSSR count). The summed E-state index contributed by atoms with van der Waals surface area (Å²) in [4.78, 5) is 0. The van der Waals surface area contributed by atoms with Crippen molar-refractivity contribution in [2.45, 2.75) is 39.5 Å². The van der Waals surface area contributed by atoms with E-state index in [1.807, 2.05) is 26.8 Å². The van der Waals surface area contributed by atoms with E-state index >= 15 is 0 Å². The Morgan fingerprint density at radius 1 is 1.21 bits per heavy atom. The minimum atomic E-state index is -0.201. The molecule has 0 aliphatic carbocycles. The Morgan fingerprint density at radius 2 is 1.89 bits per heavy atom. The summed E-state index contributed by atoms with van der Waals surface area (Å²) in [7, 11) is 0. The fourth-order valence-corrected chi connectivity index (χ4v) is 1.90. The molecular formula is C15H24FNO2. The average Bonchev–Trinajstić information content (AvgIpc) is 2.39. The van der Waals surface area contributed by atoms with Gasteiger partial charge in [-0.1, -0.05) is 12.1 Å². The topological polar surface area (TPSA) is 30.5 Å². The predicted molar refractivity (Wildman–Crippen MR) is 74.5 cm³/mol. The lowest BCUT2D eigenvalue weighted by Gasteiger charge is -2.19. The maximum Gasteiger partial charge on any atom is 0.158 e. The zero-order chi connectivity index (χ0) is 14.1. The molecular weight excluding hydrogens is 245 g/mol. The Balaban J connectivity index is 2.35. The van der Waals surface area contributed by atoms with Crippen LogP contribution in [-0.4, -0.2) is 26.0 Å². The molecule has 1 N–H and O–H groups in total. The van der Waals surface area contributed by atoms with E-state index < -0.39 is 0 Å². The largest absolute Gasteiger partial charge is 0.353 e. The van der Waals surface area contributed by atoms with Gasteiger partial charge >= 0.3 is 0 Å². The highest BCUT2D eigenvalue weighted by atomic mass is 19.1. The van der Waals surface area contributed by atoms with Crippen LogP contribution < -0.4 is 5.32 Å². The van der Waals surface area contributed by atoms with Crippen molar-refractivity contribution in [2.24, 2.45) is 0 Å². The van der Waals surface area contributed by atoms with Crippen molar-refractivity contribution in [3.8, 4) is 0 Å². The predicted octanol–water partition coefficient (Wildman–Crippen LogP) is 3.27. The number of nitrogens with one attached hydrogen (secondary N) is 1. The van der Waals surface area contributed by atoms with Crippen molar-refractivity contribution in [1.29, 1.82) is 0 Å². The molecule has 0 radical (unpaired) electrons. The molecule has 4 heteroatoms. The Labute approximate surface area is 115 Å². The summed E-state index contributed by atoms with van der Waals surface area (Å²) in [5.74, 6) is -0.201. The van der Waals surface area contributed by atoms with Gasteiger partial charge in [-0.2, -0.15) is 0 Å². The fraction of sp³-hybridized carbons (Fsp3) is 0.600. The zero-order valence-electron chi connectivity index (χ0n) is 12.0. The monoisotopic (exact) mass is 269 g/mol. The summed E-state index contributed by atoms with van der Waals surface area (Å²) in [5, 5.41) is 3.35. The van der Waals surface area contributed by atoms with Gasteiger partial charge in [0.05, 0.1) is 0 Å². The van der Waals surface area contributed by atoms with Crippen molar-refractivity contribution in [3.05, 3.63) is 35.6 Å². The van der Waals surface area contributed by atoms with E-state index in [1.54, 1.807) is 12.1 Å². The molecule has 0 heterocycles. The molecule has 0 unspecified atom stereocenters. The van der Waals surface area contributed by atoms with Gasteiger partial charge in [-0.3, -0.25) is 0 Å². The smallest absolute Gasteiger partial charge is 0.158 e. The molecule has 1 atom stereocenters. The number of benzene rings is 1. The summed E-state index contributed by atoms with van der Waals surface area (Å²) < 4.78 is 24.0. The van der Waals surface area contributed by atoms with Crippen molar-refractivity contribution >= 4 is 0 Å². The summed E-state index contributed by atoms with van der Waals surface area (Å²) in [6.07, 6.45) is 0.614. The third kappa shape index (κ3) is 6.14. The first-order valence-corrected chi connectivity index (χ1v) is 6.89. The van der Waals surface area contributed by atoms with E-state index in [2.05, 4.69) is 5.32 Å². The molecule has 0 bridgehead atoms. The SMILES string of the molecule is CCOC(CCN[C@H](C)c1cccc(F)c1)OCC. The molecule has 0 amide bonds. The summed E-state index contributed by atoms with van der Waals surface area (Å²) in [6, 6.07) is 6.77. The molecule has 0 aromatic heterocycles. The van der Waals surface area contributed by atoms with Gasteiger partial charge < -0.3 is 14.8 Å². The Bertz CT molecular complexity index is 354. The van der Waals surface area contributed by atoms with Crippen LogP contribution in [0.15, 0.2) is 24.3 Å². The van der Waals surface area contributed by atoms with Crippen LogP contribution in [0.25, 0.3) is 0 Å². The van der Waals surface area contributed by atoms with E-state index in [4.69, 9.17) is 9.47 Å². The quantitative estimate of drug-likeness (QED) is 0.698. The molecule has 1 aromatic rings. The van der Waals surface area contributed by atoms with Crippen LogP contribution in [0.1, 0.15) is 38.8 Å². The Morgan fingerprint density at radius 3 is 2.47 bits per heavy atom. The standard InChI is InChI=1S/C15H24FNO2/c1-4-18-15(19-5-2)9-10-17-12(3)13-7-6-8-14(16)11-13/h6-8,11-12,15,17H,4-5,9-10H2,1-3H3/t12-/m1/s1. The lowest BCUT2D eigenvalue weighted by Crippen LogP contribution is -2.26. The Hall–Kier alpha value is -0.970. The van der Waals surface area contributed by atoms with E-state index in [1.165, 1.54) is 6.07 Å². The second kappa shape index (κ2) is 9.02. The molecule has 0 saturated carbocycles. The van der Waals surface area contributed by atoms with Crippen molar-refractivity contribution in [3.63, 3.8) is 0 Å². The number of rotatable bonds is 9. The van der Waals surface area contributed by atoms with Gasteiger partial charge in [-0.05, 0) is 38.5 Å². The van der Waals surface area contributed by atoms with E-state index in [-0.39, 0.29) is 18.1 Å². The number of hydrogen-bond donors (Lipinski definition) is 1. The highest BCUT2D eigenvalue weighted by Crippen LogP contribution is 2.13. The zero-order valence-corrected chi connectivity index (χ0v) is 12.0. The van der Waals surface area contributed by atoms with Crippen LogP contribution in [0.2, 0.25) is 0 Å². The van der Waals surface area contributed by atoms with Crippen LogP contribution in [0.5, 0.6) is 0 Å². The van der Waals surface area contributed by atoms with Crippen molar-refractivity contribution in [1.82, 2.24) is 5.32 Å². The first kappa shape index (κ1) is 16.1. The third-order valence-corrected chi connectivity index (χ3v) is 2.88.